The summed E-state index contributed by atoms with van der Waals surface area (Å²) < 4.78 is 0. The van der Waals surface area contributed by atoms with Gasteiger partial charge in [0.25, 0.3) is 5.91 Å². The monoisotopic (exact) mass is 304 g/mol. The van der Waals surface area contributed by atoms with Crippen molar-refractivity contribution in [3.05, 3.63) is 27.7 Å². The number of halogens is 2. The van der Waals surface area contributed by atoms with Crippen LogP contribution in [0, 0.1) is 0 Å². The smallest absolute Gasteiger partial charge is 0.305 e. The van der Waals surface area contributed by atoms with Crippen LogP contribution < -0.4 is 11.1 Å². The Morgan fingerprint density at radius 1 is 1.32 bits per heavy atom. The summed E-state index contributed by atoms with van der Waals surface area (Å²) in [6, 6.07) is 2.77. The highest BCUT2D eigenvalue weighted by Gasteiger charge is 2.24. The molecule has 0 aliphatic rings. The molecule has 1 aromatic carbocycles. The zero-order chi connectivity index (χ0) is 14.8. The van der Waals surface area contributed by atoms with Gasteiger partial charge in [-0.3, -0.25) is 9.59 Å². The summed E-state index contributed by atoms with van der Waals surface area (Å²) in [6.07, 6.45) is -0.199. The van der Waals surface area contributed by atoms with Crippen molar-refractivity contribution < 1.29 is 14.7 Å². The average Bonchev–Trinajstić information content (AvgIpc) is 2.22. The predicted molar refractivity (Wildman–Crippen MR) is 74.7 cm³/mol. The minimum Gasteiger partial charge on any atom is -0.481 e. The number of hydrogen-bond donors (Lipinski definition) is 3. The average molecular weight is 305 g/mol. The van der Waals surface area contributed by atoms with Crippen LogP contribution in [0.15, 0.2) is 12.1 Å². The van der Waals surface area contributed by atoms with E-state index in [1.165, 1.54) is 12.1 Å². The predicted octanol–water partition coefficient (Wildman–Crippen LogP) is 2.56. The first kappa shape index (κ1) is 15.6. The van der Waals surface area contributed by atoms with Gasteiger partial charge in [-0.05, 0) is 26.0 Å². The number of nitrogens with one attached hydrogen (secondary N) is 1. The molecule has 0 saturated carbocycles. The second-order valence-corrected chi connectivity index (χ2v) is 5.58. The quantitative estimate of drug-likeness (QED) is 0.745. The van der Waals surface area contributed by atoms with Gasteiger partial charge in [-0.25, -0.2) is 0 Å². The molecule has 0 atom stereocenters. The highest BCUT2D eigenvalue weighted by molar-refractivity contribution is 6.39. The summed E-state index contributed by atoms with van der Waals surface area (Å²) in [4.78, 5) is 22.7. The van der Waals surface area contributed by atoms with Crippen molar-refractivity contribution >= 4 is 40.8 Å². The van der Waals surface area contributed by atoms with Crippen LogP contribution in [-0.2, 0) is 4.79 Å². The van der Waals surface area contributed by atoms with E-state index in [2.05, 4.69) is 5.32 Å². The van der Waals surface area contributed by atoms with Crippen LogP contribution in [0.5, 0.6) is 0 Å². The standard InChI is InChI=1S/C12H14Cl2N2O3/c1-12(2,5-9(17)18)16-11(19)6-3-7(13)10(15)8(14)4-6/h3-4H,5,15H2,1-2H3,(H,16,19)(H,17,18). The molecule has 0 spiro atoms. The van der Waals surface area contributed by atoms with E-state index >= 15 is 0 Å². The van der Waals surface area contributed by atoms with Crippen LogP contribution in [0.4, 0.5) is 5.69 Å². The van der Waals surface area contributed by atoms with Gasteiger partial charge in [-0.15, -0.1) is 0 Å². The number of carbonyl (C=O) groups excluding carboxylic acids is 1. The molecule has 0 bridgehead atoms. The van der Waals surface area contributed by atoms with E-state index in [1.54, 1.807) is 13.8 Å². The molecule has 1 rings (SSSR count). The van der Waals surface area contributed by atoms with Crippen LogP contribution in [0.2, 0.25) is 10.0 Å². The third-order valence-corrected chi connectivity index (χ3v) is 3.01. The second kappa shape index (κ2) is 5.67. The zero-order valence-corrected chi connectivity index (χ0v) is 12.0. The van der Waals surface area contributed by atoms with Crippen molar-refractivity contribution in [1.29, 1.82) is 0 Å². The number of rotatable bonds is 4. The Labute approximate surface area is 120 Å². The van der Waals surface area contributed by atoms with Crippen molar-refractivity contribution in [1.82, 2.24) is 5.32 Å². The summed E-state index contributed by atoms with van der Waals surface area (Å²) in [5.41, 5.74) is 5.11. The molecule has 0 unspecified atom stereocenters. The van der Waals surface area contributed by atoms with Gasteiger partial charge in [-0.2, -0.15) is 0 Å². The van der Waals surface area contributed by atoms with E-state index < -0.39 is 17.4 Å². The fourth-order valence-electron chi connectivity index (χ4n) is 1.52. The van der Waals surface area contributed by atoms with Crippen molar-refractivity contribution in [3.63, 3.8) is 0 Å². The fourth-order valence-corrected chi connectivity index (χ4v) is 2.00. The third-order valence-electron chi connectivity index (χ3n) is 2.39. The van der Waals surface area contributed by atoms with Crippen LogP contribution in [0.25, 0.3) is 0 Å². The molecule has 1 amide bonds. The Morgan fingerprint density at radius 2 is 1.79 bits per heavy atom. The zero-order valence-electron chi connectivity index (χ0n) is 10.5. The van der Waals surface area contributed by atoms with Crippen LogP contribution in [0.3, 0.4) is 0 Å². The molecule has 1 aromatic rings. The van der Waals surface area contributed by atoms with Gasteiger partial charge in [0, 0.05) is 11.1 Å². The van der Waals surface area contributed by atoms with Crippen LogP contribution >= 0.6 is 23.2 Å². The molecule has 19 heavy (non-hydrogen) atoms. The molecule has 0 aliphatic carbocycles. The summed E-state index contributed by atoms with van der Waals surface area (Å²) in [6.45, 7) is 3.22. The molecule has 0 aromatic heterocycles. The molecular formula is C12H14Cl2N2O3. The first-order valence-electron chi connectivity index (χ1n) is 5.41. The molecule has 5 nitrogen and oxygen atoms in total. The Morgan fingerprint density at radius 3 is 2.21 bits per heavy atom. The molecule has 4 N–H and O–H groups in total. The first-order chi connectivity index (χ1) is 8.62. The maximum atomic E-state index is 12.0. The van der Waals surface area contributed by atoms with Gasteiger partial charge in [-0.1, -0.05) is 23.2 Å². The van der Waals surface area contributed by atoms with Gasteiger partial charge in [0.05, 0.1) is 22.2 Å². The Kier molecular flexibility index (Phi) is 4.66. The SMILES string of the molecule is CC(C)(CC(=O)O)NC(=O)c1cc(Cl)c(N)c(Cl)c1. The number of amides is 1. The number of carbonyl (C=O) groups is 2. The van der Waals surface area contributed by atoms with Crippen molar-refractivity contribution in [3.8, 4) is 0 Å². The number of anilines is 1. The van der Waals surface area contributed by atoms with Gasteiger partial charge in [0.2, 0.25) is 0 Å². The van der Waals surface area contributed by atoms with Gasteiger partial charge in [0.1, 0.15) is 0 Å². The summed E-state index contributed by atoms with van der Waals surface area (Å²) in [7, 11) is 0. The highest BCUT2D eigenvalue weighted by atomic mass is 35.5. The topological polar surface area (TPSA) is 92.4 Å². The number of carboxylic acid groups (broad SMARTS) is 1. The molecule has 0 saturated heterocycles. The van der Waals surface area contributed by atoms with E-state index in [1.807, 2.05) is 0 Å². The molecule has 0 aliphatic heterocycles. The highest BCUT2D eigenvalue weighted by Crippen LogP contribution is 2.29. The van der Waals surface area contributed by atoms with E-state index in [0.717, 1.165) is 0 Å². The number of hydrogen-bond acceptors (Lipinski definition) is 3. The lowest BCUT2D eigenvalue weighted by atomic mass is 10.00. The molecule has 0 fully saturated rings. The van der Waals surface area contributed by atoms with Crippen molar-refractivity contribution in [2.24, 2.45) is 0 Å². The second-order valence-electron chi connectivity index (χ2n) is 4.76. The summed E-state index contributed by atoms with van der Waals surface area (Å²) >= 11 is 11.7. The lowest BCUT2D eigenvalue weighted by molar-refractivity contribution is -0.138. The number of benzene rings is 1. The fraction of sp³-hybridized carbons (Fsp3) is 0.333. The Bertz CT molecular complexity index is 507. The van der Waals surface area contributed by atoms with E-state index in [4.69, 9.17) is 34.0 Å². The molecular weight excluding hydrogens is 291 g/mol. The maximum Gasteiger partial charge on any atom is 0.305 e. The van der Waals surface area contributed by atoms with Crippen molar-refractivity contribution in [2.75, 3.05) is 5.73 Å². The van der Waals surface area contributed by atoms with E-state index in [9.17, 15) is 9.59 Å². The van der Waals surface area contributed by atoms with Crippen LogP contribution in [0.1, 0.15) is 30.6 Å². The molecule has 0 radical (unpaired) electrons. The lowest BCUT2D eigenvalue weighted by Crippen LogP contribution is -2.44. The van der Waals surface area contributed by atoms with Crippen LogP contribution in [-0.4, -0.2) is 22.5 Å². The number of nitrogen functional groups attached to an aromatic ring is 1. The number of aliphatic carboxylic acids is 1. The minimum absolute atomic E-state index is 0.175. The molecule has 0 heterocycles. The van der Waals surface area contributed by atoms with Gasteiger partial charge < -0.3 is 16.2 Å². The Hall–Kier alpha value is -1.46. The van der Waals surface area contributed by atoms with Gasteiger partial charge >= 0.3 is 5.97 Å². The Balaban J connectivity index is 2.93. The third kappa shape index (κ3) is 4.29. The van der Waals surface area contributed by atoms with Gasteiger partial charge in [0.15, 0.2) is 0 Å². The first-order valence-corrected chi connectivity index (χ1v) is 6.17. The van der Waals surface area contributed by atoms with Crippen molar-refractivity contribution in [2.45, 2.75) is 25.8 Å². The molecule has 7 heteroatoms. The number of nitrogens with two attached hydrogens (primary N) is 1. The van der Waals surface area contributed by atoms with E-state index in [-0.39, 0.29) is 27.7 Å². The molecule has 104 valence electrons. The minimum atomic E-state index is -1.00. The lowest BCUT2D eigenvalue weighted by Gasteiger charge is -2.24. The van der Waals surface area contributed by atoms with E-state index in [0.29, 0.717) is 0 Å². The number of carboxylic acids is 1. The summed E-state index contributed by atoms with van der Waals surface area (Å²) in [5, 5.41) is 11.7. The maximum absolute atomic E-state index is 12.0. The normalized spacial score (nSPS) is 11.2. The summed E-state index contributed by atoms with van der Waals surface area (Å²) in [5.74, 6) is -1.46. The largest absolute Gasteiger partial charge is 0.481 e.